The van der Waals surface area contributed by atoms with Crippen LogP contribution >= 0.6 is 0 Å². The second-order valence-electron chi connectivity index (χ2n) is 7.15. The van der Waals surface area contributed by atoms with E-state index >= 15 is 0 Å². The van der Waals surface area contributed by atoms with Crippen molar-refractivity contribution < 1.29 is 13.9 Å². The highest BCUT2D eigenvalue weighted by molar-refractivity contribution is 5.77. The number of carbonyl (C=O) groups is 1. The fraction of sp³-hybridized carbons (Fsp3) is 0.476. The summed E-state index contributed by atoms with van der Waals surface area (Å²) in [5.41, 5.74) is 1.21. The van der Waals surface area contributed by atoms with E-state index in [9.17, 15) is 4.79 Å². The molecule has 0 spiro atoms. The van der Waals surface area contributed by atoms with E-state index in [2.05, 4.69) is 27.2 Å². The van der Waals surface area contributed by atoms with Gasteiger partial charge in [0, 0.05) is 44.3 Å². The van der Waals surface area contributed by atoms with Crippen LogP contribution in [0.3, 0.4) is 0 Å². The Morgan fingerprint density at radius 3 is 2.41 bits per heavy atom. The van der Waals surface area contributed by atoms with Crippen LogP contribution in [0, 0.1) is 5.92 Å². The van der Waals surface area contributed by atoms with Crippen LogP contribution in [-0.4, -0.2) is 50.6 Å². The van der Waals surface area contributed by atoms with Crippen molar-refractivity contribution >= 4 is 11.6 Å². The van der Waals surface area contributed by atoms with Crippen molar-refractivity contribution in [3.63, 3.8) is 0 Å². The first-order chi connectivity index (χ1) is 13.1. The van der Waals surface area contributed by atoms with Crippen molar-refractivity contribution in [2.75, 3.05) is 44.7 Å². The van der Waals surface area contributed by atoms with E-state index in [4.69, 9.17) is 9.15 Å². The summed E-state index contributed by atoms with van der Waals surface area (Å²) in [7, 11) is 1.68. The molecule has 1 aliphatic rings. The van der Waals surface area contributed by atoms with E-state index in [1.54, 1.807) is 13.4 Å². The van der Waals surface area contributed by atoms with Gasteiger partial charge in [-0.3, -0.25) is 9.69 Å². The molecule has 146 valence electrons. The predicted molar refractivity (Wildman–Crippen MR) is 106 cm³/mol. The molecule has 1 unspecified atom stereocenters. The molecule has 1 saturated heterocycles. The van der Waals surface area contributed by atoms with Crippen molar-refractivity contribution in [1.29, 1.82) is 0 Å². The molecule has 6 nitrogen and oxygen atoms in total. The fourth-order valence-electron chi connectivity index (χ4n) is 3.38. The summed E-state index contributed by atoms with van der Waals surface area (Å²) in [5, 5.41) is 3.06. The third-order valence-electron chi connectivity index (χ3n) is 5.06. The van der Waals surface area contributed by atoms with Gasteiger partial charge in [0.2, 0.25) is 5.91 Å². The number of nitrogens with one attached hydrogen (secondary N) is 1. The number of piperazine rings is 1. The number of anilines is 1. The molecule has 1 aromatic carbocycles. The summed E-state index contributed by atoms with van der Waals surface area (Å²) in [6.45, 7) is 8.07. The van der Waals surface area contributed by atoms with E-state index in [-0.39, 0.29) is 17.9 Å². The Labute approximate surface area is 161 Å². The Balaban J connectivity index is 1.62. The molecule has 1 atom stereocenters. The lowest BCUT2D eigenvalue weighted by Gasteiger charge is -2.39. The molecule has 1 fully saturated rings. The van der Waals surface area contributed by atoms with Crippen LogP contribution in [-0.2, 0) is 4.79 Å². The molecule has 1 N–H and O–H groups in total. The second-order valence-corrected chi connectivity index (χ2v) is 7.15. The summed E-state index contributed by atoms with van der Waals surface area (Å²) in [4.78, 5) is 16.8. The first-order valence-corrected chi connectivity index (χ1v) is 9.52. The molecular weight excluding hydrogens is 342 g/mol. The number of hydrogen-bond donors (Lipinski definition) is 1. The molecule has 2 aromatic rings. The minimum atomic E-state index is -0.0193. The van der Waals surface area contributed by atoms with Crippen LogP contribution in [0.2, 0.25) is 0 Å². The Morgan fingerprint density at radius 2 is 1.85 bits per heavy atom. The van der Waals surface area contributed by atoms with Gasteiger partial charge in [0.25, 0.3) is 0 Å². The second kappa shape index (κ2) is 8.95. The number of nitrogens with zero attached hydrogens (tertiary/aromatic N) is 2. The zero-order valence-electron chi connectivity index (χ0n) is 16.4. The van der Waals surface area contributed by atoms with Crippen molar-refractivity contribution in [1.82, 2.24) is 10.2 Å². The van der Waals surface area contributed by atoms with E-state index in [0.717, 1.165) is 37.7 Å². The van der Waals surface area contributed by atoms with Crippen LogP contribution in [0.1, 0.15) is 25.6 Å². The molecule has 0 aliphatic carbocycles. The molecule has 1 amide bonds. The largest absolute Gasteiger partial charge is 0.497 e. The molecular formula is C21H29N3O3. The minimum absolute atomic E-state index is 0.0193. The Kier molecular flexibility index (Phi) is 6.40. The average molecular weight is 371 g/mol. The first-order valence-electron chi connectivity index (χ1n) is 9.52. The lowest BCUT2D eigenvalue weighted by Crippen LogP contribution is -2.50. The third-order valence-corrected chi connectivity index (χ3v) is 5.06. The van der Waals surface area contributed by atoms with Crippen LogP contribution in [0.4, 0.5) is 5.69 Å². The number of furan rings is 1. The van der Waals surface area contributed by atoms with Crippen molar-refractivity contribution in [3.8, 4) is 5.75 Å². The number of rotatable bonds is 7. The van der Waals surface area contributed by atoms with Crippen LogP contribution < -0.4 is 15.0 Å². The summed E-state index contributed by atoms with van der Waals surface area (Å²) in [5.74, 6) is 1.82. The Bertz CT molecular complexity index is 705. The van der Waals surface area contributed by atoms with Gasteiger partial charge in [-0.15, -0.1) is 0 Å². The predicted octanol–water partition coefficient (Wildman–Crippen LogP) is 2.92. The van der Waals surface area contributed by atoms with Crippen LogP contribution in [0.5, 0.6) is 5.75 Å². The van der Waals surface area contributed by atoms with Gasteiger partial charge >= 0.3 is 0 Å². The summed E-state index contributed by atoms with van der Waals surface area (Å²) >= 11 is 0. The van der Waals surface area contributed by atoms with Gasteiger partial charge in [-0.25, -0.2) is 0 Å². The van der Waals surface area contributed by atoms with Gasteiger partial charge in [0.1, 0.15) is 11.5 Å². The van der Waals surface area contributed by atoms with E-state index in [1.165, 1.54) is 5.69 Å². The van der Waals surface area contributed by atoms with Gasteiger partial charge in [0.15, 0.2) is 0 Å². The van der Waals surface area contributed by atoms with E-state index in [1.807, 2.05) is 38.1 Å². The molecule has 27 heavy (non-hydrogen) atoms. The van der Waals surface area contributed by atoms with Crippen molar-refractivity contribution in [2.24, 2.45) is 5.92 Å². The third kappa shape index (κ3) is 4.83. The standard InChI is InChI=1S/C21H29N3O3/c1-16(2)21(25)22-15-19(20-5-4-14-27-20)24-12-10-23(11-13-24)17-6-8-18(26-3)9-7-17/h4-9,14,16,19H,10-13,15H2,1-3H3,(H,22,25). The topological polar surface area (TPSA) is 58.0 Å². The quantitative estimate of drug-likeness (QED) is 0.811. The van der Waals surface area contributed by atoms with Gasteiger partial charge < -0.3 is 19.4 Å². The molecule has 1 aromatic heterocycles. The number of carbonyl (C=O) groups excluding carboxylic acids is 1. The Hall–Kier alpha value is -2.47. The number of hydrogen-bond acceptors (Lipinski definition) is 5. The van der Waals surface area contributed by atoms with Gasteiger partial charge in [-0.1, -0.05) is 13.8 Å². The summed E-state index contributed by atoms with van der Waals surface area (Å²) in [6, 6.07) is 12.1. The number of ether oxygens (including phenoxy) is 1. The fourth-order valence-corrected chi connectivity index (χ4v) is 3.38. The van der Waals surface area contributed by atoms with Crippen molar-refractivity contribution in [2.45, 2.75) is 19.9 Å². The molecule has 0 radical (unpaired) electrons. The maximum absolute atomic E-state index is 12.0. The highest BCUT2D eigenvalue weighted by Crippen LogP contribution is 2.25. The highest BCUT2D eigenvalue weighted by Gasteiger charge is 2.27. The van der Waals surface area contributed by atoms with Gasteiger partial charge in [-0.2, -0.15) is 0 Å². The summed E-state index contributed by atoms with van der Waals surface area (Å²) in [6.07, 6.45) is 1.69. The molecule has 3 rings (SSSR count). The zero-order valence-corrected chi connectivity index (χ0v) is 16.4. The Morgan fingerprint density at radius 1 is 1.15 bits per heavy atom. The van der Waals surface area contributed by atoms with Crippen LogP contribution in [0.15, 0.2) is 47.1 Å². The molecule has 2 heterocycles. The number of benzene rings is 1. The maximum atomic E-state index is 12.0. The number of methoxy groups -OCH3 is 1. The van der Waals surface area contributed by atoms with Crippen LogP contribution in [0.25, 0.3) is 0 Å². The SMILES string of the molecule is COc1ccc(N2CCN(C(CNC(=O)C(C)C)c3ccco3)CC2)cc1. The normalized spacial score (nSPS) is 16.4. The van der Waals surface area contributed by atoms with E-state index < -0.39 is 0 Å². The van der Waals surface area contributed by atoms with Gasteiger partial charge in [0.05, 0.1) is 19.4 Å². The van der Waals surface area contributed by atoms with Gasteiger partial charge in [-0.05, 0) is 36.4 Å². The lowest BCUT2D eigenvalue weighted by molar-refractivity contribution is -0.124. The average Bonchev–Trinajstić information content (AvgIpc) is 3.23. The first kappa shape index (κ1) is 19.3. The smallest absolute Gasteiger partial charge is 0.222 e. The molecule has 0 bridgehead atoms. The minimum Gasteiger partial charge on any atom is -0.497 e. The monoisotopic (exact) mass is 371 g/mol. The molecule has 1 aliphatic heterocycles. The highest BCUT2D eigenvalue weighted by atomic mass is 16.5. The maximum Gasteiger partial charge on any atom is 0.222 e. The number of amides is 1. The van der Waals surface area contributed by atoms with E-state index in [0.29, 0.717) is 6.54 Å². The lowest BCUT2D eigenvalue weighted by atomic mass is 10.1. The molecule has 0 saturated carbocycles. The molecule has 6 heteroatoms. The zero-order chi connectivity index (χ0) is 19.2. The summed E-state index contributed by atoms with van der Waals surface area (Å²) < 4.78 is 10.9. The van der Waals surface area contributed by atoms with Crippen molar-refractivity contribution in [3.05, 3.63) is 48.4 Å².